The van der Waals surface area contributed by atoms with E-state index < -0.39 is 0 Å². The molecule has 0 atom stereocenters. The van der Waals surface area contributed by atoms with Crippen LogP contribution in [-0.2, 0) is 0 Å². The average molecular weight is 266 g/mol. The Kier molecular flexibility index (Phi) is 2.95. The van der Waals surface area contributed by atoms with E-state index in [1.807, 2.05) is 44.3 Å². The van der Waals surface area contributed by atoms with Crippen LogP contribution in [0.2, 0.25) is 0 Å². The highest BCUT2D eigenvalue weighted by Crippen LogP contribution is 2.14. The minimum atomic E-state index is -0.174. The van der Waals surface area contributed by atoms with E-state index in [1.165, 1.54) is 0 Å². The van der Waals surface area contributed by atoms with Crippen LogP contribution in [0.15, 0.2) is 42.7 Å². The predicted octanol–water partition coefficient (Wildman–Crippen LogP) is 2.60. The summed E-state index contributed by atoms with van der Waals surface area (Å²) >= 11 is 0. The van der Waals surface area contributed by atoms with Gasteiger partial charge in [0.15, 0.2) is 0 Å². The Hall–Kier alpha value is -2.69. The van der Waals surface area contributed by atoms with Gasteiger partial charge in [0.2, 0.25) is 0 Å². The molecule has 1 amide bonds. The summed E-state index contributed by atoms with van der Waals surface area (Å²) in [6.45, 7) is 3.72. The van der Waals surface area contributed by atoms with Crippen molar-refractivity contribution in [2.75, 3.05) is 5.32 Å². The van der Waals surface area contributed by atoms with Crippen molar-refractivity contribution in [2.45, 2.75) is 13.8 Å². The Balaban J connectivity index is 1.99. The lowest BCUT2D eigenvalue weighted by atomic mass is 10.3. The number of imidazole rings is 1. The minimum absolute atomic E-state index is 0.174. The Labute approximate surface area is 116 Å². The summed E-state index contributed by atoms with van der Waals surface area (Å²) in [5.41, 5.74) is 3.61. The lowest BCUT2D eigenvalue weighted by Gasteiger charge is -2.06. The van der Waals surface area contributed by atoms with Gasteiger partial charge in [0, 0.05) is 23.8 Å². The number of pyridine rings is 2. The first-order valence-corrected chi connectivity index (χ1v) is 6.33. The number of hydrogen-bond acceptors (Lipinski definition) is 3. The molecule has 0 radical (unpaired) electrons. The van der Waals surface area contributed by atoms with Crippen LogP contribution in [0.4, 0.5) is 5.69 Å². The number of nitrogens with zero attached hydrogens (tertiary/aromatic N) is 3. The van der Waals surface area contributed by atoms with Gasteiger partial charge in [-0.2, -0.15) is 0 Å². The quantitative estimate of drug-likeness (QED) is 0.775. The number of anilines is 1. The van der Waals surface area contributed by atoms with E-state index in [-0.39, 0.29) is 5.91 Å². The molecule has 0 unspecified atom stereocenters. The molecule has 5 nitrogen and oxygen atoms in total. The molecule has 0 aliphatic heterocycles. The molecular weight excluding hydrogens is 252 g/mol. The van der Waals surface area contributed by atoms with E-state index in [9.17, 15) is 4.79 Å². The first kappa shape index (κ1) is 12.3. The van der Waals surface area contributed by atoms with Crippen molar-refractivity contribution in [3.8, 4) is 0 Å². The van der Waals surface area contributed by atoms with Gasteiger partial charge >= 0.3 is 0 Å². The van der Waals surface area contributed by atoms with Gasteiger partial charge in [-0.25, -0.2) is 4.98 Å². The highest BCUT2D eigenvalue weighted by molar-refractivity contribution is 6.04. The third-order valence-corrected chi connectivity index (χ3v) is 3.07. The SMILES string of the molecule is Cc1cc(NC(=O)c2c(C)nc3ccccn23)ccn1. The maximum atomic E-state index is 12.4. The van der Waals surface area contributed by atoms with Crippen molar-refractivity contribution in [2.24, 2.45) is 0 Å². The highest BCUT2D eigenvalue weighted by Gasteiger charge is 2.16. The number of fused-ring (bicyclic) bond motifs is 1. The second-order valence-corrected chi connectivity index (χ2v) is 4.61. The second-order valence-electron chi connectivity index (χ2n) is 4.61. The molecule has 0 saturated carbocycles. The smallest absolute Gasteiger partial charge is 0.274 e. The zero-order chi connectivity index (χ0) is 14.1. The van der Waals surface area contributed by atoms with E-state index in [0.29, 0.717) is 11.4 Å². The third kappa shape index (κ3) is 2.14. The lowest BCUT2D eigenvalue weighted by molar-refractivity contribution is 0.102. The van der Waals surface area contributed by atoms with E-state index in [1.54, 1.807) is 16.7 Å². The summed E-state index contributed by atoms with van der Waals surface area (Å²) in [5, 5.41) is 2.88. The van der Waals surface area contributed by atoms with Gasteiger partial charge < -0.3 is 5.32 Å². The van der Waals surface area contributed by atoms with Crippen LogP contribution < -0.4 is 5.32 Å². The molecule has 0 spiro atoms. The van der Waals surface area contributed by atoms with Crippen molar-refractivity contribution in [3.05, 3.63) is 59.8 Å². The maximum absolute atomic E-state index is 12.4. The van der Waals surface area contributed by atoms with E-state index in [0.717, 1.165) is 17.0 Å². The van der Waals surface area contributed by atoms with Gasteiger partial charge in [0.05, 0.1) is 5.69 Å². The summed E-state index contributed by atoms with van der Waals surface area (Å²) in [4.78, 5) is 20.9. The molecule has 0 saturated heterocycles. The zero-order valence-corrected chi connectivity index (χ0v) is 11.3. The Morgan fingerprint density at radius 1 is 1.25 bits per heavy atom. The molecule has 3 aromatic heterocycles. The number of carbonyl (C=O) groups is 1. The Morgan fingerprint density at radius 3 is 2.90 bits per heavy atom. The van der Waals surface area contributed by atoms with Gasteiger partial charge in [-0.05, 0) is 38.1 Å². The molecule has 20 heavy (non-hydrogen) atoms. The number of carbonyl (C=O) groups excluding carboxylic acids is 1. The fraction of sp³-hybridized carbons (Fsp3) is 0.133. The van der Waals surface area contributed by atoms with Crippen molar-refractivity contribution >= 4 is 17.2 Å². The number of rotatable bonds is 2. The lowest BCUT2D eigenvalue weighted by Crippen LogP contribution is -2.15. The minimum Gasteiger partial charge on any atom is -0.321 e. The number of amides is 1. The largest absolute Gasteiger partial charge is 0.321 e. The van der Waals surface area contributed by atoms with Crippen LogP contribution in [0.25, 0.3) is 5.65 Å². The van der Waals surface area contributed by atoms with Crippen molar-refractivity contribution in [1.29, 1.82) is 0 Å². The maximum Gasteiger partial charge on any atom is 0.274 e. The summed E-state index contributed by atoms with van der Waals surface area (Å²) in [6, 6.07) is 9.25. The van der Waals surface area contributed by atoms with Crippen molar-refractivity contribution in [1.82, 2.24) is 14.4 Å². The number of hydrogen-bond donors (Lipinski definition) is 1. The first-order chi connectivity index (χ1) is 9.65. The van der Waals surface area contributed by atoms with E-state index in [2.05, 4.69) is 15.3 Å². The predicted molar refractivity (Wildman–Crippen MR) is 76.9 cm³/mol. The van der Waals surface area contributed by atoms with Crippen LogP contribution in [0.5, 0.6) is 0 Å². The summed E-state index contributed by atoms with van der Waals surface area (Å²) in [6.07, 6.45) is 3.51. The van der Waals surface area contributed by atoms with Crippen LogP contribution >= 0.6 is 0 Å². The molecule has 1 N–H and O–H groups in total. The third-order valence-electron chi connectivity index (χ3n) is 3.07. The van der Waals surface area contributed by atoms with Gasteiger partial charge in [-0.1, -0.05) is 6.07 Å². The van der Waals surface area contributed by atoms with Gasteiger partial charge in [0.25, 0.3) is 5.91 Å². The van der Waals surface area contributed by atoms with Crippen LogP contribution in [-0.4, -0.2) is 20.3 Å². The zero-order valence-electron chi connectivity index (χ0n) is 11.3. The molecular formula is C15H14N4O. The molecule has 0 aliphatic rings. The summed E-state index contributed by atoms with van der Waals surface area (Å²) in [7, 11) is 0. The van der Waals surface area contributed by atoms with Gasteiger partial charge in [-0.15, -0.1) is 0 Å². The molecule has 0 aromatic carbocycles. The molecule has 3 aromatic rings. The fourth-order valence-electron chi connectivity index (χ4n) is 2.20. The highest BCUT2D eigenvalue weighted by atomic mass is 16.2. The van der Waals surface area contributed by atoms with Crippen molar-refractivity contribution < 1.29 is 4.79 Å². The van der Waals surface area contributed by atoms with Gasteiger partial charge in [-0.3, -0.25) is 14.2 Å². The van der Waals surface area contributed by atoms with Gasteiger partial charge in [0.1, 0.15) is 11.3 Å². The molecule has 3 heterocycles. The van der Waals surface area contributed by atoms with Crippen LogP contribution in [0.1, 0.15) is 21.9 Å². The number of aromatic nitrogens is 3. The van der Waals surface area contributed by atoms with Crippen LogP contribution in [0, 0.1) is 13.8 Å². The molecule has 100 valence electrons. The normalized spacial score (nSPS) is 10.7. The summed E-state index contributed by atoms with van der Waals surface area (Å²) < 4.78 is 1.79. The fourth-order valence-corrected chi connectivity index (χ4v) is 2.20. The summed E-state index contributed by atoms with van der Waals surface area (Å²) in [5.74, 6) is -0.174. The molecule has 3 rings (SSSR count). The molecule has 0 fully saturated rings. The Bertz CT molecular complexity index is 791. The first-order valence-electron chi connectivity index (χ1n) is 6.33. The topological polar surface area (TPSA) is 59.3 Å². The van der Waals surface area contributed by atoms with E-state index >= 15 is 0 Å². The monoisotopic (exact) mass is 266 g/mol. The molecule has 5 heteroatoms. The Morgan fingerprint density at radius 2 is 2.10 bits per heavy atom. The van der Waals surface area contributed by atoms with Crippen molar-refractivity contribution in [3.63, 3.8) is 0 Å². The average Bonchev–Trinajstić information content (AvgIpc) is 2.74. The standard InChI is InChI=1S/C15H14N4O/c1-10-9-12(6-7-16-10)18-15(20)14-11(2)17-13-5-3-4-8-19(13)14/h3-9H,1-2H3,(H,16,18,20). The second kappa shape index (κ2) is 4.77. The molecule has 0 bridgehead atoms. The van der Waals surface area contributed by atoms with Crippen LogP contribution in [0.3, 0.4) is 0 Å². The number of nitrogens with one attached hydrogen (secondary N) is 1. The van der Waals surface area contributed by atoms with E-state index in [4.69, 9.17) is 0 Å². The molecule has 0 aliphatic carbocycles. The number of aryl methyl sites for hydroxylation is 2.